The van der Waals surface area contributed by atoms with Gasteiger partial charge in [0.25, 0.3) is 0 Å². The summed E-state index contributed by atoms with van der Waals surface area (Å²) in [6.07, 6.45) is 0.388. The highest BCUT2D eigenvalue weighted by atomic mass is 35.5. The maximum atomic E-state index is 6.09. The van der Waals surface area contributed by atoms with Gasteiger partial charge in [-0.1, -0.05) is 36.2 Å². The van der Waals surface area contributed by atoms with Crippen LogP contribution < -0.4 is 11.3 Å². The highest BCUT2D eigenvalue weighted by Crippen LogP contribution is 2.41. The lowest BCUT2D eigenvalue weighted by atomic mass is 9.81. The molecular formula is C14H20Cl2N2O. The van der Waals surface area contributed by atoms with Crippen LogP contribution in [0, 0.1) is 11.8 Å². The molecule has 0 saturated carbocycles. The molecule has 0 radical (unpaired) electrons. The number of rotatable bonds is 3. The minimum Gasteiger partial charge on any atom is -0.375 e. The van der Waals surface area contributed by atoms with Gasteiger partial charge in [0.1, 0.15) is 0 Å². The summed E-state index contributed by atoms with van der Waals surface area (Å²) in [6, 6.07) is 5.64. The zero-order chi connectivity index (χ0) is 14.2. The molecule has 5 unspecified atom stereocenters. The number of hydrogen-bond donors (Lipinski definition) is 2. The fraction of sp³-hybridized carbons (Fsp3) is 0.571. The summed E-state index contributed by atoms with van der Waals surface area (Å²) in [7, 11) is 0. The number of halogens is 2. The second-order valence-corrected chi connectivity index (χ2v) is 6.12. The van der Waals surface area contributed by atoms with E-state index in [1.807, 2.05) is 12.1 Å². The third-order valence-electron chi connectivity index (χ3n) is 4.19. The summed E-state index contributed by atoms with van der Waals surface area (Å²) in [6.45, 7) is 6.39. The first-order valence-corrected chi connectivity index (χ1v) is 7.27. The fourth-order valence-electron chi connectivity index (χ4n) is 3.00. The van der Waals surface area contributed by atoms with E-state index < -0.39 is 0 Å². The van der Waals surface area contributed by atoms with E-state index in [-0.39, 0.29) is 18.2 Å². The summed E-state index contributed by atoms with van der Waals surface area (Å²) in [5.74, 6) is 6.49. The van der Waals surface area contributed by atoms with Crippen LogP contribution in [0.25, 0.3) is 0 Å². The highest BCUT2D eigenvalue weighted by Gasteiger charge is 2.41. The van der Waals surface area contributed by atoms with Crippen LogP contribution in [-0.4, -0.2) is 12.2 Å². The van der Waals surface area contributed by atoms with Crippen molar-refractivity contribution in [1.29, 1.82) is 0 Å². The average Bonchev–Trinajstić information content (AvgIpc) is 2.61. The summed E-state index contributed by atoms with van der Waals surface area (Å²) < 4.78 is 5.89. The maximum Gasteiger partial charge on any atom is 0.0601 e. The van der Waals surface area contributed by atoms with Gasteiger partial charge in [-0.05, 0) is 37.5 Å². The molecule has 1 aliphatic rings. The molecule has 106 valence electrons. The lowest BCUT2D eigenvalue weighted by molar-refractivity contribution is 0.0475. The Kier molecular flexibility index (Phi) is 4.75. The van der Waals surface area contributed by atoms with E-state index in [0.29, 0.717) is 21.9 Å². The smallest absolute Gasteiger partial charge is 0.0601 e. The van der Waals surface area contributed by atoms with Gasteiger partial charge in [-0.3, -0.25) is 11.3 Å². The van der Waals surface area contributed by atoms with Crippen molar-refractivity contribution in [2.75, 3.05) is 0 Å². The summed E-state index contributed by atoms with van der Waals surface area (Å²) in [5.41, 5.74) is 3.95. The van der Waals surface area contributed by atoms with Gasteiger partial charge in [-0.2, -0.15) is 0 Å². The van der Waals surface area contributed by atoms with E-state index >= 15 is 0 Å². The largest absolute Gasteiger partial charge is 0.375 e. The third-order valence-corrected chi connectivity index (χ3v) is 4.93. The number of nitrogens with one attached hydrogen (secondary N) is 1. The zero-order valence-corrected chi connectivity index (χ0v) is 12.9. The van der Waals surface area contributed by atoms with Crippen LogP contribution in [-0.2, 0) is 4.74 Å². The zero-order valence-electron chi connectivity index (χ0n) is 11.4. The van der Waals surface area contributed by atoms with Crippen LogP contribution in [0.15, 0.2) is 18.2 Å². The van der Waals surface area contributed by atoms with Crippen LogP contribution in [0.5, 0.6) is 0 Å². The Labute approximate surface area is 124 Å². The molecule has 3 nitrogen and oxygen atoms in total. The number of hydrogen-bond acceptors (Lipinski definition) is 3. The Morgan fingerprint density at radius 2 is 1.84 bits per heavy atom. The molecule has 1 heterocycles. The van der Waals surface area contributed by atoms with E-state index in [0.717, 1.165) is 5.56 Å². The minimum absolute atomic E-state index is 0.00437. The van der Waals surface area contributed by atoms with Gasteiger partial charge in [0.05, 0.1) is 28.3 Å². The first-order chi connectivity index (χ1) is 8.95. The summed E-state index contributed by atoms with van der Waals surface area (Å²) >= 11 is 12.1. The van der Waals surface area contributed by atoms with Crippen molar-refractivity contribution < 1.29 is 4.74 Å². The first-order valence-electron chi connectivity index (χ1n) is 6.52. The van der Waals surface area contributed by atoms with Crippen LogP contribution >= 0.6 is 23.2 Å². The number of ether oxygens (including phenoxy) is 1. The Morgan fingerprint density at radius 1 is 1.16 bits per heavy atom. The van der Waals surface area contributed by atoms with E-state index in [9.17, 15) is 0 Å². The Bertz CT molecular complexity index is 455. The van der Waals surface area contributed by atoms with Crippen molar-refractivity contribution in [3.05, 3.63) is 33.8 Å². The number of nitrogens with two attached hydrogens (primary N) is 1. The molecule has 0 aliphatic carbocycles. The van der Waals surface area contributed by atoms with Gasteiger partial charge in [0, 0.05) is 5.92 Å². The van der Waals surface area contributed by atoms with Crippen molar-refractivity contribution in [3.63, 3.8) is 0 Å². The summed E-state index contributed by atoms with van der Waals surface area (Å²) in [4.78, 5) is 0. The van der Waals surface area contributed by atoms with Crippen LogP contribution in [0.2, 0.25) is 10.0 Å². The van der Waals surface area contributed by atoms with Crippen LogP contribution in [0.4, 0.5) is 0 Å². The second kappa shape index (κ2) is 5.98. The van der Waals surface area contributed by atoms with E-state index in [1.54, 1.807) is 6.07 Å². The standard InChI is InChI=1S/C14H20Cl2N2O/c1-7-8(2)19-9(3)13(7)14(18-17)10-4-5-11(15)12(16)6-10/h4-9,13-14,18H,17H2,1-3H3. The molecule has 1 aliphatic heterocycles. The molecule has 0 spiro atoms. The average molecular weight is 303 g/mol. The van der Waals surface area contributed by atoms with Gasteiger partial charge in [0.2, 0.25) is 0 Å². The molecule has 19 heavy (non-hydrogen) atoms. The Balaban J connectivity index is 2.31. The molecule has 0 bridgehead atoms. The van der Waals surface area contributed by atoms with Crippen molar-refractivity contribution in [2.24, 2.45) is 17.7 Å². The molecule has 5 heteroatoms. The molecule has 3 N–H and O–H groups in total. The molecular weight excluding hydrogens is 283 g/mol. The second-order valence-electron chi connectivity index (χ2n) is 5.30. The first kappa shape index (κ1) is 15.1. The minimum atomic E-state index is 0.00437. The molecule has 2 rings (SSSR count). The molecule has 0 amide bonds. The van der Waals surface area contributed by atoms with E-state index in [1.165, 1.54) is 0 Å². The Hall–Kier alpha value is -0.320. The normalized spacial score (nSPS) is 32.5. The third kappa shape index (κ3) is 2.91. The van der Waals surface area contributed by atoms with Crippen LogP contribution in [0.3, 0.4) is 0 Å². The van der Waals surface area contributed by atoms with Gasteiger partial charge in [-0.15, -0.1) is 0 Å². The molecule has 1 fully saturated rings. The summed E-state index contributed by atoms with van der Waals surface area (Å²) in [5, 5.41) is 1.10. The molecule has 1 aromatic carbocycles. The van der Waals surface area contributed by atoms with Gasteiger partial charge in [-0.25, -0.2) is 0 Å². The quantitative estimate of drug-likeness (QED) is 0.663. The SMILES string of the molecule is CC1OC(C)C(C(NN)c2ccc(Cl)c(Cl)c2)C1C. The predicted octanol–water partition coefficient (Wildman–Crippen LogP) is 3.56. The molecule has 5 atom stereocenters. The van der Waals surface area contributed by atoms with Gasteiger partial charge < -0.3 is 4.74 Å². The van der Waals surface area contributed by atoms with Crippen LogP contribution in [0.1, 0.15) is 32.4 Å². The van der Waals surface area contributed by atoms with Gasteiger partial charge in [0.15, 0.2) is 0 Å². The lowest BCUT2D eigenvalue weighted by Crippen LogP contribution is -2.38. The van der Waals surface area contributed by atoms with Crippen molar-refractivity contribution >= 4 is 23.2 Å². The molecule has 1 aromatic rings. The topological polar surface area (TPSA) is 47.3 Å². The Morgan fingerprint density at radius 3 is 2.32 bits per heavy atom. The highest BCUT2D eigenvalue weighted by molar-refractivity contribution is 6.42. The molecule has 0 aromatic heterocycles. The number of benzene rings is 1. The predicted molar refractivity (Wildman–Crippen MR) is 79.2 cm³/mol. The molecule has 1 saturated heterocycles. The number of hydrazine groups is 1. The van der Waals surface area contributed by atoms with Crippen molar-refractivity contribution in [1.82, 2.24) is 5.43 Å². The van der Waals surface area contributed by atoms with E-state index in [4.69, 9.17) is 33.8 Å². The van der Waals surface area contributed by atoms with Gasteiger partial charge >= 0.3 is 0 Å². The van der Waals surface area contributed by atoms with E-state index in [2.05, 4.69) is 26.2 Å². The lowest BCUT2D eigenvalue weighted by Gasteiger charge is -2.29. The fourth-order valence-corrected chi connectivity index (χ4v) is 3.31. The van der Waals surface area contributed by atoms with Crippen molar-refractivity contribution in [3.8, 4) is 0 Å². The van der Waals surface area contributed by atoms with Crippen molar-refractivity contribution in [2.45, 2.75) is 39.0 Å². The maximum absolute atomic E-state index is 6.09. The monoisotopic (exact) mass is 302 g/mol.